The number of nitrogens with zero attached hydrogens (tertiary/aromatic N) is 2. The third-order valence-electron chi connectivity index (χ3n) is 3.57. The van der Waals surface area contributed by atoms with Crippen LogP contribution in [0.1, 0.15) is 39.3 Å². The van der Waals surface area contributed by atoms with Gasteiger partial charge in [0.05, 0.1) is 29.0 Å². The molecule has 0 amide bonds. The first-order valence-electron chi connectivity index (χ1n) is 7.57. The van der Waals surface area contributed by atoms with Crippen molar-refractivity contribution in [3.8, 4) is 16.9 Å². The van der Waals surface area contributed by atoms with Crippen molar-refractivity contribution < 1.29 is 8.95 Å². The molecule has 0 aliphatic carbocycles. The lowest BCUT2D eigenvalue weighted by atomic mass is 10.0. The van der Waals surface area contributed by atoms with Gasteiger partial charge in [0.25, 0.3) is 0 Å². The molecule has 23 heavy (non-hydrogen) atoms. The molecule has 0 saturated heterocycles. The Morgan fingerprint density at radius 3 is 2.52 bits per heavy atom. The van der Waals surface area contributed by atoms with Crippen LogP contribution in [0.25, 0.3) is 11.1 Å². The van der Waals surface area contributed by atoms with Crippen molar-refractivity contribution in [3.05, 3.63) is 36.2 Å². The lowest BCUT2D eigenvalue weighted by Crippen LogP contribution is -2.34. The van der Waals surface area contributed by atoms with Crippen LogP contribution < -0.4 is 9.46 Å². The molecule has 0 fully saturated rings. The summed E-state index contributed by atoms with van der Waals surface area (Å²) in [5.41, 5.74) is 3.08. The molecule has 0 radical (unpaired) electrons. The van der Waals surface area contributed by atoms with Gasteiger partial charge in [0.2, 0.25) is 0 Å². The minimum atomic E-state index is -1.15. The highest BCUT2D eigenvalue weighted by Crippen LogP contribution is 2.31. The van der Waals surface area contributed by atoms with E-state index >= 15 is 0 Å². The molecule has 1 aromatic heterocycles. The highest BCUT2D eigenvalue weighted by molar-refractivity contribution is 7.84. The van der Waals surface area contributed by atoms with Crippen molar-refractivity contribution in [1.29, 1.82) is 0 Å². The van der Waals surface area contributed by atoms with E-state index in [4.69, 9.17) is 4.74 Å². The zero-order valence-corrected chi connectivity index (χ0v) is 15.4. The molecular formula is C17H25N3O2S. The zero-order valence-electron chi connectivity index (χ0n) is 14.6. The quantitative estimate of drug-likeness (QED) is 0.913. The van der Waals surface area contributed by atoms with Crippen LogP contribution in [0.2, 0.25) is 0 Å². The smallest absolute Gasteiger partial charge is 0.123 e. The van der Waals surface area contributed by atoms with Crippen molar-refractivity contribution in [3.63, 3.8) is 0 Å². The van der Waals surface area contributed by atoms with E-state index in [0.717, 1.165) is 22.4 Å². The highest BCUT2D eigenvalue weighted by Gasteiger charge is 2.23. The van der Waals surface area contributed by atoms with Gasteiger partial charge in [0, 0.05) is 30.4 Å². The van der Waals surface area contributed by atoms with Gasteiger partial charge >= 0.3 is 0 Å². The average molecular weight is 335 g/mol. The Balaban J connectivity index is 2.34. The van der Waals surface area contributed by atoms with Crippen LogP contribution >= 0.6 is 0 Å². The molecule has 126 valence electrons. The van der Waals surface area contributed by atoms with Gasteiger partial charge in [0.1, 0.15) is 5.75 Å². The summed E-state index contributed by atoms with van der Waals surface area (Å²) in [6, 6.07) is 5.91. The third-order valence-corrected chi connectivity index (χ3v) is 5.25. The molecule has 6 heteroatoms. The van der Waals surface area contributed by atoms with Gasteiger partial charge in [-0.15, -0.1) is 0 Å². The molecular weight excluding hydrogens is 310 g/mol. The SMILES string of the molecule is COc1ccc(-c2cnn(C)c2)cc1[C@@H](C)NS(=O)C(C)(C)C. The maximum atomic E-state index is 12.4. The molecule has 1 N–H and O–H groups in total. The van der Waals surface area contributed by atoms with Gasteiger partial charge in [-0.2, -0.15) is 5.10 Å². The number of aryl methyl sites for hydroxylation is 1. The van der Waals surface area contributed by atoms with Gasteiger partial charge in [-0.1, -0.05) is 6.07 Å². The van der Waals surface area contributed by atoms with Gasteiger partial charge in [-0.05, 0) is 45.4 Å². The lowest BCUT2D eigenvalue weighted by Gasteiger charge is -2.23. The summed E-state index contributed by atoms with van der Waals surface area (Å²) in [7, 11) is 2.40. The summed E-state index contributed by atoms with van der Waals surface area (Å²) in [5, 5.41) is 4.21. The van der Waals surface area contributed by atoms with Crippen LogP contribution in [0.15, 0.2) is 30.6 Å². The number of hydrogen-bond acceptors (Lipinski definition) is 3. The second-order valence-corrected chi connectivity index (χ2v) is 8.58. The number of methoxy groups -OCH3 is 1. The average Bonchev–Trinajstić information content (AvgIpc) is 2.92. The van der Waals surface area contributed by atoms with Gasteiger partial charge in [-0.3, -0.25) is 4.68 Å². The fourth-order valence-corrected chi connectivity index (χ4v) is 3.03. The molecule has 0 saturated carbocycles. The third kappa shape index (κ3) is 4.20. The Kier molecular flexibility index (Phi) is 5.26. The van der Waals surface area contributed by atoms with Gasteiger partial charge in [-0.25, -0.2) is 8.93 Å². The van der Waals surface area contributed by atoms with Crippen LogP contribution in [0.3, 0.4) is 0 Å². The largest absolute Gasteiger partial charge is 0.496 e. The number of benzene rings is 1. The first-order valence-corrected chi connectivity index (χ1v) is 8.72. The fourth-order valence-electron chi connectivity index (χ4n) is 2.22. The van der Waals surface area contributed by atoms with Crippen LogP contribution in [0.5, 0.6) is 5.75 Å². The molecule has 0 aliphatic rings. The monoisotopic (exact) mass is 335 g/mol. The van der Waals surface area contributed by atoms with Crippen LogP contribution in [0, 0.1) is 0 Å². The van der Waals surface area contributed by atoms with Crippen LogP contribution in [-0.2, 0) is 18.0 Å². The van der Waals surface area contributed by atoms with Crippen molar-refractivity contribution in [1.82, 2.24) is 14.5 Å². The predicted molar refractivity (Wildman–Crippen MR) is 94.6 cm³/mol. The molecule has 0 spiro atoms. The second-order valence-electron chi connectivity index (χ2n) is 6.58. The van der Waals surface area contributed by atoms with E-state index in [0.29, 0.717) is 0 Å². The van der Waals surface area contributed by atoms with E-state index in [1.54, 1.807) is 11.8 Å². The Bertz CT molecular complexity index is 704. The number of rotatable bonds is 5. The van der Waals surface area contributed by atoms with Crippen molar-refractivity contribution >= 4 is 11.0 Å². The number of ether oxygens (including phenoxy) is 1. The van der Waals surface area contributed by atoms with Gasteiger partial charge in [0.15, 0.2) is 0 Å². The molecule has 2 rings (SSSR count). The second kappa shape index (κ2) is 6.84. The summed E-state index contributed by atoms with van der Waals surface area (Å²) in [6.07, 6.45) is 3.80. The number of aromatic nitrogens is 2. The predicted octanol–water partition coefficient (Wildman–Crippen LogP) is 3.21. The number of hydrogen-bond donors (Lipinski definition) is 1. The summed E-state index contributed by atoms with van der Waals surface area (Å²) < 4.78 is 22.4. The van der Waals surface area contributed by atoms with E-state index in [1.807, 2.05) is 59.3 Å². The van der Waals surface area contributed by atoms with E-state index in [2.05, 4.69) is 15.9 Å². The van der Waals surface area contributed by atoms with E-state index in [-0.39, 0.29) is 10.8 Å². The van der Waals surface area contributed by atoms with Gasteiger partial charge < -0.3 is 4.74 Å². The molecule has 0 aliphatic heterocycles. The minimum Gasteiger partial charge on any atom is -0.496 e. The first-order chi connectivity index (χ1) is 10.7. The minimum absolute atomic E-state index is 0.0957. The van der Waals surface area contributed by atoms with Crippen molar-refractivity contribution in [2.45, 2.75) is 38.5 Å². The molecule has 0 bridgehead atoms. The van der Waals surface area contributed by atoms with E-state index in [9.17, 15) is 4.21 Å². The Morgan fingerprint density at radius 1 is 1.30 bits per heavy atom. The maximum absolute atomic E-state index is 12.4. The summed E-state index contributed by atoms with van der Waals surface area (Å²) in [4.78, 5) is 0. The molecule has 1 aromatic carbocycles. The molecule has 1 unspecified atom stereocenters. The van der Waals surface area contributed by atoms with Crippen molar-refractivity contribution in [2.24, 2.45) is 7.05 Å². The summed E-state index contributed by atoms with van der Waals surface area (Å²) in [6.45, 7) is 7.85. The highest BCUT2D eigenvalue weighted by atomic mass is 32.2. The zero-order chi connectivity index (χ0) is 17.2. The summed E-state index contributed by atoms with van der Waals surface area (Å²) >= 11 is 0. The van der Waals surface area contributed by atoms with Crippen LogP contribution in [-0.4, -0.2) is 25.8 Å². The molecule has 5 nitrogen and oxygen atoms in total. The van der Waals surface area contributed by atoms with E-state index < -0.39 is 11.0 Å². The Hall–Kier alpha value is -1.66. The molecule has 2 atom stereocenters. The maximum Gasteiger partial charge on any atom is 0.123 e. The molecule has 1 heterocycles. The van der Waals surface area contributed by atoms with E-state index in [1.165, 1.54) is 0 Å². The topological polar surface area (TPSA) is 56.1 Å². The molecule has 2 aromatic rings. The lowest BCUT2D eigenvalue weighted by molar-refractivity contribution is 0.405. The Morgan fingerprint density at radius 2 is 2.00 bits per heavy atom. The fraction of sp³-hybridized carbons (Fsp3) is 0.471. The summed E-state index contributed by atoms with van der Waals surface area (Å²) in [5.74, 6) is 0.781. The number of nitrogens with one attached hydrogen (secondary N) is 1. The van der Waals surface area contributed by atoms with Crippen LogP contribution in [0.4, 0.5) is 0 Å². The first kappa shape index (κ1) is 17.7. The Labute approximate surface area is 140 Å². The normalized spacial score (nSPS) is 14.5. The standard InChI is InChI=1S/C17H25N3O2S/c1-12(19-23(21)17(2,3)4)15-9-13(7-8-16(15)22-6)14-10-18-20(5)11-14/h7-12,19H,1-6H3/t12-,23?/m1/s1. The van der Waals surface area contributed by atoms with Crippen molar-refractivity contribution in [2.75, 3.05) is 7.11 Å².